The van der Waals surface area contributed by atoms with E-state index < -0.39 is 0 Å². The molecule has 0 bridgehead atoms. The van der Waals surface area contributed by atoms with Crippen molar-refractivity contribution in [2.24, 2.45) is 5.73 Å². The minimum Gasteiger partial charge on any atom is -0.376 e. The van der Waals surface area contributed by atoms with Crippen LogP contribution in [0.2, 0.25) is 0 Å². The smallest absolute Gasteiger partial charge is 0.236 e. The summed E-state index contributed by atoms with van der Waals surface area (Å²) in [7, 11) is 0. The Balaban J connectivity index is 2.02. The van der Waals surface area contributed by atoms with Gasteiger partial charge in [0, 0.05) is 19.7 Å². The van der Waals surface area contributed by atoms with E-state index in [9.17, 15) is 9.18 Å². The molecular formula is C14H19FN2O2. The lowest BCUT2D eigenvalue weighted by atomic mass is 10.1. The van der Waals surface area contributed by atoms with Gasteiger partial charge in [0.15, 0.2) is 0 Å². The molecule has 104 valence electrons. The number of carbonyl (C=O) groups excluding carboxylic acids is 1. The van der Waals surface area contributed by atoms with Crippen molar-refractivity contribution < 1.29 is 13.9 Å². The molecule has 2 N–H and O–H groups in total. The van der Waals surface area contributed by atoms with Crippen molar-refractivity contribution in [2.45, 2.75) is 25.5 Å². The number of nitrogens with zero attached hydrogens (tertiary/aromatic N) is 1. The zero-order chi connectivity index (χ0) is 13.7. The second kappa shape index (κ2) is 6.63. The van der Waals surface area contributed by atoms with Crippen molar-refractivity contribution in [1.29, 1.82) is 0 Å². The highest BCUT2D eigenvalue weighted by Gasteiger charge is 2.22. The Morgan fingerprint density at radius 3 is 3.00 bits per heavy atom. The Labute approximate surface area is 112 Å². The van der Waals surface area contributed by atoms with E-state index in [1.54, 1.807) is 17.0 Å². The summed E-state index contributed by atoms with van der Waals surface area (Å²) in [5, 5.41) is 0. The third-order valence-corrected chi connectivity index (χ3v) is 3.24. The van der Waals surface area contributed by atoms with Crippen molar-refractivity contribution in [2.75, 3.05) is 19.7 Å². The van der Waals surface area contributed by atoms with Crippen LogP contribution in [0.25, 0.3) is 0 Å². The fourth-order valence-corrected chi connectivity index (χ4v) is 2.27. The normalized spacial score (nSPS) is 18.5. The van der Waals surface area contributed by atoms with E-state index in [2.05, 4.69) is 0 Å². The molecular weight excluding hydrogens is 247 g/mol. The number of ether oxygens (including phenoxy) is 1. The van der Waals surface area contributed by atoms with Crippen LogP contribution in [0.3, 0.4) is 0 Å². The molecule has 1 atom stereocenters. The highest BCUT2D eigenvalue weighted by atomic mass is 19.1. The number of hydrogen-bond donors (Lipinski definition) is 1. The van der Waals surface area contributed by atoms with E-state index in [-0.39, 0.29) is 24.4 Å². The average molecular weight is 266 g/mol. The Morgan fingerprint density at radius 1 is 1.53 bits per heavy atom. The Morgan fingerprint density at radius 2 is 2.37 bits per heavy atom. The van der Waals surface area contributed by atoms with Gasteiger partial charge in [0.25, 0.3) is 0 Å². The van der Waals surface area contributed by atoms with Gasteiger partial charge in [-0.25, -0.2) is 4.39 Å². The van der Waals surface area contributed by atoms with Gasteiger partial charge >= 0.3 is 0 Å². The molecule has 19 heavy (non-hydrogen) atoms. The average Bonchev–Trinajstić information content (AvgIpc) is 2.90. The number of nitrogens with two attached hydrogens (primary N) is 1. The number of amides is 1. The van der Waals surface area contributed by atoms with Gasteiger partial charge in [-0.05, 0) is 30.5 Å². The van der Waals surface area contributed by atoms with E-state index in [0.29, 0.717) is 13.1 Å². The molecule has 2 rings (SSSR count). The molecule has 0 saturated carbocycles. The van der Waals surface area contributed by atoms with Crippen molar-refractivity contribution >= 4 is 5.91 Å². The Kier molecular flexibility index (Phi) is 4.87. The molecule has 4 nitrogen and oxygen atoms in total. The zero-order valence-corrected chi connectivity index (χ0v) is 10.8. The van der Waals surface area contributed by atoms with Crippen LogP contribution in [0.15, 0.2) is 24.3 Å². The fourth-order valence-electron chi connectivity index (χ4n) is 2.27. The summed E-state index contributed by atoms with van der Waals surface area (Å²) < 4.78 is 18.7. The molecule has 1 aliphatic rings. The maximum atomic E-state index is 13.2. The van der Waals surface area contributed by atoms with Crippen molar-refractivity contribution in [3.63, 3.8) is 0 Å². The van der Waals surface area contributed by atoms with Crippen LogP contribution >= 0.6 is 0 Å². The maximum Gasteiger partial charge on any atom is 0.236 e. The molecule has 1 aromatic carbocycles. The number of halogens is 1. The maximum absolute atomic E-state index is 13.2. The van der Waals surface area contributed by atoms with E-state index in [4.69, 9.17) is 10.5 Å². The predicted molar refractivity (Wildman–Crippen MR) is 69.8 cm³/mol. The molecule has 1 fully saturated rings. The van der Waals surface area contributed by atoms with Gasteiger partial charge < -0.3 is 15.4 Å². The summed E-state index contributed by atoms with van der Waals surface area (Å²) >= 11 is 0. The third kappa shape index (κ3) is 4.01. The quantitative estimate of drug-likeness (QED) is 0.873. The van der Waals surface area contributed by atoms with Gasteiger partial charge in [-0.2, -0.15) is 0 Å². The molecule has 1 saturated heterocycles. The molecule has 1 aromatic rings. The monoisotopic (exact) mass is 266 g/mol. The summed E-state index contributed by atoms with van der Waals surface area (Å²) in [6.45, 7) is 1.59. The summed E-state index contributed by atoms with van der Waals surface area (Å²) in [6, 6.07) is 6.27. The SMILES string of the molecule is NCC(=O)N(Cc1cccc(F)c1)CC1CCCO1. The van der Waals surface area contributed by atoms with Crippen LogP contribution < -0.4 is 5.73 Å². The largest absolute Gasteiger partial charge is 0.376 e. The van der Waals surface area contributed by atoms with Gasteiger partial charge in [-0.3, -0.25) is 4.79 Å². The topological polar surface area (TPSA) is 55.6 Å². The molecule has 1 unspecified atom stereocenters. The van der Waals surface area contributed by atoms with Crippen LogP contribution in [0, 0.1) is 5.82 Å². The van der Waals surface area contributed by atoms with E-state index in [1.165, 1.54) is 12.1 Å². The standard InChI is InChI=1S/C14H19FN2O2/c15-12-4-1-3-11(7-12)9-17(14(18)8-16)10-13-5-2-6-19-13/h1,3-4,7,13H,2,5-6,8-10,16H2. The van der Waals surface area contributed by atoms with Crippen molar-refractivity contribution in [3.8, 4) is 0 Å². The first-order valence-electron chi connectivity index (χ1n) is 6.53. The van der Waals surface area contributed by atoms with Crippen LogP contribution in [0.1, 0.15) is 18.4 Å². The summed E-state index contributed by atoms with van der Waals surface area (Å²) in [4.78, 5) is 13.5. The Hall–Kier alpha value is -1.46. The third-order valence-electron chi connectivity index (χ3n) is 3.24. The predicted octanol–water partition coefficient (Wildman–Crippen LogP) is 1.29. The molecule has 1 heterocycles. The van der Waals surface area contributed by atoms with E-state index in [0.717, 1.165) is 25.0 Å². The van der Waals surface area contributed by atoms with Gasteiger partial charge in [0.1, 0.15) is 5.82 Å². The minimum absolute atomic E-state index is 0.0396. The number of carbonyl (C=O) groups is 1. The molecule has 1 amide bonds. The zero-order valence-electron chi connectivity index (χ0n) is 10.8. The van der Waals surface area contributed by atoms with E-state index in [1.807, 2.05) is 0 Å². The van der Waals surface area contributed by atoms with Crippen LogP contribution in [-0.2, 0) is 16.1 Å². The van der Waals surface area contributed by atoms with Gasteiger partial charge in [-0.1, -0.05) is 12.1 Å². The summed E-state index contributed by atoms with van der Waals surface area (Å²) in [6.07, 6.45) is 2.05. The number of rotatable bonds is 5. The lowest BCUT2D eigenvalue weighted by Gasteiger charge is -2.25. The molecule has 0 aromatic heterocycles. The lowest BCUT2D eigenvalue weighted by Crippen LogP contribution is -2.40. The van der Waals surface area contributed by atoms with Gasteiger partial charge in [0.2, 0.25) is 5.91 Å². The van der Waals surface area contributed by atoms with Gasteiger partial charge in [0.05, 0.1) is 12.6 Å². The molecule has 0 radical (unpaired) electrons. The second-order valence-corrected chi connectivity index (χ2v) is 4.74. The highest BCUT2D eigenvalue weighted by Crippen LogP contribution is 2.15. The number of hydrogen-bond acceptors (Lipinski definition) is 3. The highest BCUT2D eigenvalue weighted by molar-refractivity contribution is 5.78. The van der Waals surface area contributed by atoms with Crippen LogP contribution in [0.5, 0.6) is 0 Å². The van der Waals surface area contributed by atoms with Crippen molar-refractivity contribution in [3.05, 3.63) is 35.6 Å². The van der Waals surface area contributed by atoms with Crippen LogP contribution in [-0.4, -0.2) is 36.6 Å². The van der Waals surface area contributed by atoms with Gasteiger partial charge in [-0.15, -0.1) is 0 Å². The van der Waals surface area contributed by atoms with Crippen LogP contribution in [0.4, 0.5) is 4.39 Å². The number of benzene rings is 1. The first-order valence-corrected chi connectivity index (χ1v) is 6.53. The summed E-state index contributed by atoms with van der Waals surface area (Å²) in [5.74, 6) is -0.436. The first kappa shape index (κ1) is 14.0. The Bertz CT molecular complexity index is 433. The second-order valence-electron chi connectivity index (χ2n) is 4.74. The fraction of sp³-hybridized carbons (Fsp3) is 0.500. The summed E-state index contributed by atoms with van der Waals surface area (Å²) in [5.41, 5.74) is 6.19. The molecule has 0 aliphatic carbocycles. The molecule has 5 heteroatoms. The molecule has 1 aliphatic heterocycles. The first-order chi connectivity index (χ1) is 9.19. The van der Waals surface area contributed by atoms with E-state index >= 15 is 0 Å². The van der Waals surface area contributed by atoms with Crippen molar-refractivity contribution in [1.82, 2.24) is 4.90 Å². The minimum atomic E-state index is -0.297. The lowest BCUT2D eigenvalue weighted by molar-refractivity contribution is -0.131. The molecule has 0 spiro atoms.